The van der Waals surface area contributed by atoms with Crippen LogP contribution >= 0.6 is 11.6 Å². The molecule has 0 spiro atoms. The van der Waals surface area contributed by atoms with Crippen LogP contribution in [-0.4, -0.2) is 15.6 Å². The van der Waals surface area contributed by atoms with Crippen molar-refractivity contribution in [2.45, 2.75) is 6.92 Å². The number of benzene rings is 2. The maximum absolute atomic E-state index is 12.7. The first-order valence-electron chi connectivity index (χ1n) is 7.30. The molecule has 0 fully saturated rings. The lowest BCUT2D eigenvalue weighted by atomic mass is 10.0. The molecule has 0 bridgehead atoms. The van der Waals surface area contributed by atoms with Crippen LogP contribution in [0.1, 0.15) is 16.1 Å². The van der Waals surface area contributed by atoms with Crippen molar-refractivity contribution >= 4 is 17.6 Å². The fourth-order valence-electron chi connectivity index (χ4n) is 2.65. The summed E-state index contributed by atoms with van der Waals surface area (Å²) in [6.07, 6.45) is 1.67. The van der Waals surface area contributed by atoms with Gasteiger partial charge in [-0.2, -0.15) is 0 Å². The van der Waals surface area contributed by atoms with E-state index in [0.29, 0.717) is 21.8 Å². The van der Waals surface area contributed by atoms with E-state index in [1.54, 1.807) is 42.0 Å². The zero-order valence-electron chi connectivity index (χ0n) is 12.9. The van der Waals surface area contributed by atoms with Crippen molar-refractivity contribution in [1.29, 1.82) is 0 Å². The van der Waals surface area contributed by atoms with Crippen LogP contribution in [0.15, 0.2) is 65.6 Å². The highest BCUT2D eigenvalue weighted by Gasteiger charge is 2.20. The molecular weight excluding hydrogens is 326 g/mol. The molecule has 0 saturated heterocycles. The average molecular weight is 340 g/mol. The second-order valence-electron chi connectivity index (χ2n) is 5.35. The van der Waals surface area contributed by atoms with E-state index in [1.807, 2.05) is 30.3 Å². The largest absolute Gasteiger partial charge is 0.477 e. The van der Waals surface area contributed by atoms with Crippen molar-refractivity contribution in [2.75, 3.05) is 0 Å². The molecule has 0 aliphatic heterocycles. The van der Waals surface area contributed by atoms with E-state index >= 15 is 0 Å². The number of halogens is 1. The molecule has 0 radical (unpaired) electrons. The monoisotopic (exact) mass is 339 g/mol. The van der Waals surface area contributed by atoms with Gasteiger partial charge >= 0.3 is 5.97 Å². The molecule has 4 nitrogen and oxygen atoms in total. The van der Waals surface area contributed by atoms with Gasteiger partial charge in [0.05, 0.1) is 0 Å². The van der Waals surface area contributed by atoms with Crippen molar-refractivity contribution < 1.29 is 9.90 Å². The molecule has 1 aromatic heterocycles. The van der Waals surface area contributed by atoms with E-state index in [2.05, 4.69) is 0 Å². The van der Waals surface area contributed by atoms with Crippen molar-refractivity contribution in [3.05, 3.63) is 87.3 Å². The van der Waals surface area contributed by atoms with Gasteiger partial charge in [0.1, 0.15) is 5.56 Å². The first-order chi connectivity index (χ1) is 11.5. The molecule has 1 N–H and O–H groups in total. The molecule has 3 aromatic rings. The minimum Gasteiger partial charge on any atom is -0.477 e. The molecule has 0 amide bonds. The zero-order valence-corrected chi connectivity index (χ0v) is 13.6. The minimum atomic E-state index is -1.24. The van der Waals surface area contributed by atoms with Crippen LogP contribution in [0.4, 0.5) is 0 Å². The summed E-state index contributed by atoms with van der Waals surface area (Å²) in [7, 11) is 0. The van der Waals surface area contributed by atoms with Crippen molar-refractivity contribution in [1.82, 2.24) is 4.57 Å². The number of hydrogen-bond acceptors (Lipinski definition) is 2. The lowest BCUT2D eigenvalue weighted by molar-refractivity contribution is 0.0694. The minimum absolute atomic E-state index is 0.230. The summed E-state index contributed by atoms with van der Waals surface area (Å²) in [5.41, 5.74) is 1.38. The van der Waals surface area contributed by atoms with Crippen molar-refractivity contribution in [2.24, 2.45) is 0 Å². The van der Waals surface area contributed by atoms with Gasteiger partial charge in [-0.3, -0.25) is 4.79 Å². The van der Waals surface area contributed by atoms with Gasteiger partial charge in [-0.1, -0.05) is 41.9 Å². The number of aromatic nitrogens is 1. The van der Waals surface area contributed by atoms with Crippen LogP contribution in [0, 0.1) is 6.92 Å². The summed E-state index contributed by atoms with van der Waals surface area (Å²) in [5, 5.41) is 10.0. The lowest BCUT2D eigenvalue weighted by Gasteiger charge is -2.15. The van der Waals surface area contributed by atoms with Crippen LogP contribution < -0.4 is 5.43 Å². The quantitative estimate of drug-likeness (QED) is 0.779. The predicted octanol–water partition coefficient (Wildman–Crippen LogP) is 4.16. The van der Waals surface area contributed by atoms with Gasteiger partial charge in [-0.25, -0.2) is 4.79 Å². The van der Waals surface area contributed by atoms with Crippen molar-refractivity contribution in [3.8, 4) is 16.8 Å². The molecule has 5 heteroatoms. The van der Waals surface area contributed by atoms with Crippen LogP contribution in [0.5, 0.6) is 0 Å². The summed E-state index contributed by atoms with van der Waals surface area (Å²) < 4.78 is 1.72. The molecule has 3 rings (SSSR count). The standard InChI is InChI=1S/C19H14ClNO3/c1-12-17(19(23)24)18(22)16(13-7-9-14(20)10-8-13)11-21(12)15-5-3-2-4-6-15/h2-11H,1H3,(H,23,24). The Hall–Kier alpha value is -2.85. The number of carbonyl (C=O) groups is 1. The van der Waals surface area contributed by atoms with Crippen LogP contribution in [0.3, 0.4) is 0 Å². The summed E-state index contributed by atoms with van der Waals surface area (Å²) in [4.78, 5) is 24.3. The number of nitrogens with zero attached hydrogens (tertiary/aromatic N) is 1. The van der Waals surface area contributed by atoms with E-state index in [9.17, 15) is 14.7 Å². The van der Waals surface area contributed by atoms with Gasteiger partial charge in [-0.15, -0.1) is 0 Å². The Morgan fingerprint density at radius 3 is 2.25 bits per heavy atom. The maximum Gasteiger partial charge on any atom is 0.341 e. The molecule has 24 heavy (non-hydrogen) atoms. The van der Waals surface area contributed by atoms with E-state index in [0.717, 1.165) is 5.69 Å². The number of aromatic carboxylic acids is 1. The fourth-order valence-corrected chi connectivity index (χ4v) is 2.77. The van der Waals surface area contributed by atoms with E-state index in [4.69, 9.17) is 11.6 Å². The Morgan fingerprint density at radius 2 is 1.67 bits per heavy atom. The Kier molecular flexibility index (Phi) is 4.23. The zero-order chi connectivity index (χ0) is 17.3. The second-order valence-corrected chi connectivity index (χ2v) is 5.79. The molecule has 0 atom stereocenters. The Balaban J connectivity index is 2.34. The molecule has 2 aromatic carbocycles. The highest BCUT2D eigenvalue weighted by Crippen LogP contribution is 2.22. The smallest absolute Gasteiger partial charge is 0.341 e. The third-order valence-electron chi connectivity index (χ3n) is 3.86. The first-order valence-corrected chi connectivity index (χ1v) is 7.67. The fraction of sp³-hybridized carbons (Fsp3) is 0.0526. The van der Waals surface area contributed by atoms with Gasteiger partial charge in [0, 0.05) is 28.2 Å². The summed E-state index contributed by atoms with van der Waals surface area (Å²) in [6, 6.07) is 16.0. The Labute approximate surface area is 143 Å². The third-order valence-corrected chi connectivity index (χ3v) is 4.11. The number of para-hydroxylation sites is 1. The molecule has 0 unspecified atom stereocenters. The number of pyridine rings is 1. The van der Waals surface area contributed by atoms with Gasteiger partial charge in [0.25, 0.3) is 0 Å². The van der Waals surface area contributed by atoms with E-state index in [1.165, 1.54) is 0 Å². The van der Waals surface area contributed by atoms with Crippen molar-refractivity contribution in [3.63, 3.8) is 0 Å². The van der Waals surface area contributed by atoms with E-state index < -0.39 is 11.4 Å². The Morgan fingerprint density at radius 1 is 1.04 bits per heavy atom. The normalized spacial score (nSPS) is 10.6. The Bertz CT molecular complexity index is 960. The molecule has 120 valence electrons. The molecule has 0 aliphatic rings. The molecule has 0 saturated carbocycles. The molecular formula is C19H14ClNO3. The highest BCUT2D eigenvalue weighted by atomic mass is 35.5. The highest BCUT2D eigenvalue weighted by molar-refractivity contribution is 6.30. The van der Waals surface area contributed by atoms with Crippen LogP contribution in [-0.2, 0) is 0 Å². The summed E-state index contributed by atoms with van der Waals surface area (Å²) in [5.74, 6) is -1.24. The predicted molar refractivity (Wildman–Crippen MR) is 94.2 cm³/mol. The lowest BCUT2D eigenvalue weighted by Crippen LogP contribution is -2.22. The number of carboxylic acid groups (broad SMARTS) is 1. The van der Waals surface area contributed by atoms with Gasteiger partial charge in [0.2, 0.25) is 5.43 Å². The third kappa shape index (κ3) is 2.84. The SMILES string of the molecule is Cc1c(C(=O)O)c(=O)c(-c2ccc(Cl)cc2)cn1-c1ccccc1. The molecule has 1 heterocycles. The van der Waals surface area contributed by atoms with Gasteiger partial charge in [-0.05, 0) is 36.8 Å². The second kappa shape index (κ2) is 6.34. The number of carboxylic acids is 1. The van der Waals surface area contributed by atoms with Crippen LogP contribution in [0.25, 0.3) is 16.8 Å². The topological polar surface area (TPSA) is 59.3 Å². The summed E-state index contributed by atoms with van der Waals surface area (Å²) in [6.45, 7) is 1.63. The summed E-state index contributed by atoms with van der Waals surface area (Å²) >= 11 is 5.90. The van der Waals surface area contributed by atoms with Crippen LogP contribution in [0.2, 0.25) is 5.02 Å². The first kappa shape index (κ1) is 16.0. The number of hydrogen-bond donors (Lipinski definition) is 1. The average Bonchev–Trinajstić information content (AvgIpc) is 2.57. The van der Waals surface area contributed by atoms with Gasteiger partial charge < -0.3 is 9.67 Å². The number of rotatable bonds is 3. The van der Waals surface area contributed by atoms with E-state index in [-0.39, 0.29) is 5.56 Å². The van der Waals surface area contributed by atoms with Gasteiger partial charge in [0.15, 0.2) is 0 Å². The maximum atomic E-state index is 12.7. The molecule has 0 aliphatic carbocycles.